The molecule has 2 nitrogen and oxygen atoms in total. The van der Waals surface area contributed by atoms with Crippen LogP contribution in [0, 0.1) is 11.3 Å². The second kappa shape index (κ2) is 5.68. The predicted molar refractivity (Wildman–Crippen MR) is 82.0 cm³/mol. The Balaban J connectivity index is 1.84. The maximum absolute atomic E-state index is 8.91. The summed E-state index contributed by atoms with van der Waals surface area (Å²) < 4.78 is 6.65. The van der Waals surface area contributed by atoms with E-state index in [1.807, 2.05) is 18.2 Å². The van der Waals surface area contributed by atoms with Gasteiger partial charge >= 0.3 is 0 Å². The molecule has 0 atom stereocenters. The van der Waals surface area contributed by atoms with Crippen molar-refractivity contribution in [3.05, 3.63) is 57.6 Å². The highest BCUT2D eigenvalue weighted by Crippen LogP contribution is 2.30. The molecule has 2 aromatic rings. The number of benzene rings is 2. The van der Waals surface area contributed by atoms with Gasteiger partial charge in [0.2, 0.25) is 0 Å². The number of ether oxygens (including phenoxy) is 1. The van der Waals surface area contributed by atoms with Crippen LogP contribution in [0.15, 0.2) is 40.9 Å². The van der Waals surface area contributed by atoms with Gasteiger partial charge in [-0.1, -0.05) is 6.07 Å². The first kappa shape index (κ1) is 13.2. The molecule has 100 valence electrons. The van der Waals surface area contributed by atoms with Crippen LogP contribution in [0.3, 0.4) is 0 Å². The minimum atomic E-state index is 0.614. The summed E-state index contributed by atoms with van der Waals surface area (Å²) in [5, 5.41) is 8.91. The second-order valence-electron chi connectivity index (χ2n) is 4.99. The largest absolute Gasteiger partial charge is 0.457 e. The smallest absolute Gasteiger partial charge is 0.128 e. The standard InChI is InChI=1S/C17H14BrNO/c18-17-10-16(8-6-14(17)11-19)20-15-7-5-12-3-1-2-4-13(12)9-15/h5-10H,1-4H2. The van der Waals surface area contributed by atoms with E-state index in [2.05, 4.69) is 34.1 Å². The van der Waals surface area contributed by atoms with E-state index in [0.717, 1.165) is 22.4 Å². The van der Waals surface area contributed by atoms with Crippen LogP contribution in [0.4, 0.5) is 0 Å². The Bertz CT molecular complexity index is 688. The van der Waals surface area contributed by atoms with Gasteiger partial charge in [0.15, 0.2) is 0 Å². The van der Waals surface area contributed by atoms with Crippen LogP contribution in [-0.4, -0.2) is 0 Å². The SMILES string of the molecule is N#Cc1ccc(Oc2ccc3c(c2)CCCC3)cc1Br. The lowest BCUT2D eigenvalue weighted by molar-refractivity contribution is 0.480. The van der Waals surface area contributed by atoms with Crippen molar-refractivity contribution in [1.29, 1.82) is 5.26 Å². The van der Waals surface area contributed by atoms with E-state index in [1.165, 1.54) is 30.4 Å². The van der Waals surface area contributed by atoms with Crippen molar-refractivity contribution in [2.75, 3.05) is 0 Å². The van der Waals surface area contributed by atoms with Gasteiger partial charge in [-0.05, 0) is 83.1 Å². The predicted octanol–water partition coefficient (Wildman–Crippen LogP) is 4.99. The second-order valence-corrected chi connectivity index (χ2v) is 5.85. The molecule has 0 heterocycles. The van der Waals surface area contributed by atoms with Crippen LogP contribution in [0.1, 0.15) is 29.5 Å². The van der Waals surface area contributed by atoms with E-state index in [1.54, 1.807) is 6.07 Å². The minimum absolute atomic E-state index is 0.614. The number of hydrogen-bond acceptors (Lipinski definition) is 2. The molecule has 0 fully saturated rings. The summed E-state index contributed by atoms with van der Waals surface area (Å²) >= 11 is 3.38. The first-order chi connectivity index (χ1) is 9.76. The van der Waals surface area contributed by atoms with Crippen LogP contribution in [0.25, 0.3) is 0 Å². The molecule has 0 bridgehead atoms. The molecule has 1 aliphatic carbocycles. The van der Waals surface area contributed by atoms with Crippen molar-refractivity contribution < 1.29 is 4.74 Å². The molecule has 3 heteroatoms. The lowest BCUT2D eigenvalue weighted by atomic mass is 9.92. The summed E-state index contributed by atoms with van der Waals surface area (Å²) in [6, 6.07) is 13.9. The third-order valence-corrected chi connectivity index (χ3v) is 4.27. The Hall–Kier alpha value is -1.79. The fourth-order valence-corrected chi connectivity index (χ4v) is 3.01. The maximum atomic E-state index is 8.91. The van der Waals surface area contributed by atoms with E-state index < -0.39 is 0 Å². The van der Waals surface area contributed by atoms with Crippen molar-refractivity contribution in [1.82, 2.24) is 0 Å². The summed E-state index contributed by atoms with van der Waals surface area (Å²) in [6.45, 7) is 0. The quantitative estimate of drug-likeness (QED) is 0.778. The van der Waals surface area contributed by atoms with Gasteiger partial charge in [-0.25, -0.2) is 0 Å². The van der Waals surface area contributed by atoms with Gasteiger partial charge in [0, 0.05) is 4.47 Å². The Labute approximate surface area is 127 Å². The number of nitriles is 1. The summed E-state index contributed by atoms with van der Waals surface area (Å²) in [6.07, 6.45) is 4.87. The molecule has 20 heavy (non-hydrogen) atoms. The Morgan fingerprint density at radius 3 is 2.40 bits per heavy atom. The van der Waals surface area contributed by atoms with Crippen LogP contribution in [-0.2, 0) is 12.8 Å². The van der Waals surface area contributed by atoms with Gasteiger partial charge in [0.1, 0.15) is 17.6 Å². The number of fused-ring (bicyclic) bond motifs is 1. The summed E-state index contributed by atoms with van der Waals surface area (Å²) in [5.41, 5.74) is 3.47. The molecular formula is C17H14BrNO. The fraction of sp³-hybridized carbons (Fsp3) is 0.235. The Morgan fingerprint density at radius 2 is 1.65 bits per heavy atom. The van der Waals surface area contributed by atoms with Crippen molar-refractivity contribution in [3.63, 3.8) is 0 Å². The zero-order valence-electron chi connectivity index (χ0n) is 11.0. The molecule has 0 aliphatic heterocycles. The van der Waals surface area contributed by atoms with Crippen LogP contribution in [0.5, 0.6) is 11.5 Å². The van der Waals surface area contributed by atoms with E-state index in [4.69, 9.17) is 10.00 Å². The van der Waals surface area contributed by atoms with Crippen LogP contribution in [0.2, 0.25) is 0 Å². The average molecular weight is 328 g/mol. The first-order valence-corrected chi connectivity index (χ1v) is 7.55. The minimum Gasteiger partial charge on any atom is -0.457 e. The molecule has 0 saturated heterocycles. The van der Waals surface area contributed by atoms with Gasteiger partial charge in [-0.15, -0.1) is 0 Å². The van der Waals surface area contributed by atoms with Gasteiger partial charge in [0.05, 0.1) is 5.56 Å². The van der Waals surface area contributed by atoms with Gasteiger partial charge < -0.3 is 4.74 Å². The van der Waals surface area contributed by atoms with Crippen molar-refractivity contribution in [3.8, 4) is 17.6 Å². The molecule has 3 rings (SSSR count). The van der Waals surface area contributed by atoms with Crippen LogP contribution < -0.4 is 4.74 Å². The molecule has 0 radical (unpaired) electrons. The highest BCUT2D eigenvalue weighted by atomic mass is 79.9. The molecule has 2 aromatic carbocycles. The normalized spacial score (nSPS) is 13.4. The van der Waals surface area contributed by atoms with Gasteiger partial charge in [-0.2, -0.15) is 5.26 Å². The Kier molecular flexibility index (Phi) is 3.75. The molecule has 0 N–H and O–H groups in total. The van der Waals surface area contributed by atoms with Gasteiger partial charge in [-0.3, -0.25) is 0 Å². The highest BCUT2D eigenvalue weighted by Gasteiger charge is 2.10. The molecule has 0 aromatic heterocycles. The zero-order valence-corrected chi connectivity index (χ0v) is 12.6. The Morgan fingerprint density at radius 1 is 0.950 bits per heavy atom. The highest BCUT2D eigenvalue weighted by molar-refractivity contribution is 9.10. The van der Waals surface area contributed by atoms with Crippen molar-refractivity contribution >= 4 is 15.9 Å². The first-order valence-electron chi connectivity index (χ1n) is 6.75. The molecular weight excluding hydrogens is 314 g/mol. The van der Waals surface area contributed by atoms with Crippen molar-refractivity contribution in [2.24, 2.45) is 0 Å². The van der Waals surface area contributed by atoms with E-state index in [-0.39, 0.29) is 0 Å². The number of halogens is 1. The third kappa shape index (κ3) is 2.71. The average Bonchev–Trinajstić information content (AvgIpc) is 2.47. The molecule has 0 unspecified atom stereocenters. The van der Waals surface area contributed by atoms with Crippen molar-refractivity contribution in [2.45, 2.75) is 25.7 Å². The fourth-order valence-electron chi connectivity index (χ4n) is 2.56. The zero-order chi connectivity index (χ0) is 13.9. The maximum Gasteiger partial charge on any atom is 0.128 e. The number of nitrogens with zero attached hydrogens (tertiary/aromatic N) is 1. The number of rotatable bonds is 2. The lowest BCUT2D eigenvalue weighted by Gasteiger charge is -2.16. The molecule has 1 aliphatic rings. The lowest BCUT2D eigenvalue weighted by Crippen LogP contribution is -2.02. The van der Waals surface area contributed by atoms with Gasteiger partial charge in [0.25, 0.3) is 0 Å². The van der Waals surface area contributed by atoms with E-state index >= 15 is 0 Å². The summed E-state index contributed by atoms with van der Waals surface area (Å²) in [5.74, 6) is 1.61. The van der Waals surface area contributed by atoms with E-state index in [0.29, 0.717) is 5.56 Å². The third-order valence-electron chi connectivity index (χ3n) is 3.62. The topological polar surface area (TPSA) is 33.0 Å². The molecule has 0 amide bonds. The van der Waals surface area contributed by atoms with Crippen LogP contribution >= 0.6 is 15.9 Å². The van der Waals surface area contributed by atoms with E-state index in [9.17, 15) is 0 Å². The molecule has 0 saturated carbocycles. The monoisotopic (exact) mass is 327 g/mol. The summed E-state index contributed by atoms with van der Waals surface area (Å²) in [7, 11) is 0. The number of aryl methyl sites for hydroxylation is 2. The summed E-state index contributed by atoms with van der Waals surface area (Å²) in [4.78, 5) is 0. The number of hydrogen-bond donors (Lipinski definition) is 0. The molecule has 0 spiro atoms.